The van der Waals surface area contributed by atoms with Crippen LogP contribution in [-0.2, 0) is 0 Å². The molecule has 2 N–H and O–H groups in total. The predicted molar refractivity (Wildman–Crippen MR) is 90.0 cm³/mol. The normalized spacial score (nSPS) is 11.5. The van der Waals surface area contributed by atoms with Crippen LogP contribution in [0.5, 0.6) is 0 Å². The number of imidazole rings is 1. The molecule has 3 aromatic rings. The maximum Gasteiger partial charge on any atom is 0.144 e. The first-order valence-electron chi connectivity index (χ1n) is 6.71. The van der Waals surface area contributed by atoms with Crippen LogP contribution >= 0.6 is 23.2 Å². The van der Waals surface area contributed by atoms with Crippen molar-refractivity contribution in [1.82, 2.24) is 9.55 Å². The fourth-order valence-corrected chi connectivity index (χ4v) is 2.97. The number of benzene rings is 2. The Balaban J connectivity index is 2.40. The van der Waals surface area contributed by atoms with Crippen molar-refractivity contribution in [3.63, 3.8) is 0 Å². The van der Waals surface area contributed by atoms with Gasteiger partial charge in [0.2, 0.25) is 0 Å². The van der Waals surface area contributed by atoms with Crippen molar-refractivity contribution in [2.75, 3.05) is 5.73 Å². The van der Waals surface area contributed by atoms with E-state index in [4.69, 9.17) is 33.9 Å². The molecule has 1 heterocycles. The number of aromatic nitrogens is 2. The highest BCUT2D eigenvalue weighted by molar-refractivity contribution is 6.34. The summed E-state index contributed by atoms with van der Waals surface area (Å²) >= 11 is 12.5. The third-order valence-electron chi connectivity index (χ3n) is 3.44. The van der Waals surface area contributed by atoms with Gasteiger partial charge < -0.3 is 10.3 Å². The summed E-state index contributed by atoms with van der Waals surface area (Å²) in [5.41, 5.74) is 9.35. The molecule has 0 bridgehead atoms. The van der Waals surface area contributed by atoms with Crippen LogP contribution in [0.1, 0.15) is 19.9 Å². The molecule has 0 spiro atoms. The van der Waals surface area contributed by atoms with Crippen molar-refractivity contribution >= 4 is 39.9 Å². The van der Waals surface area contributed by atoms with Crippen LogP contribution in [0.3, 0.4) is 0 Å². The summed E-state index contributed by atoms with van der Waals surface area (Å²) in [6.45, 7) is 4.19. The fraction of sp³-hybridized carbons (Fsp3) is 0.188. The van der Waals surface area contributed by atoms with E-state index in [1.165, 1.54) is 0 Å². The van der Waals surface area contributed by atoms with E-state index in [1.807, 2.05) is 36.4 Å². The van der Waals surface area contributed by atoms with Crippen LogP contribution in [0.25, 0.3) is 22.4 Å². The summed E-state index contributed by atoms with van der Waals surface area (Å²) in [4.78, 5) is 4.71. The summed E-state index contributed by atoms with van der Waals surface area (Å²) in [6.07, 6.45) is 0. The quantitative estimate of drug-likeness (QED) is 0.662. The molecule has 0 aliphatic rings. The second-order valence-corrected chi connectivity index (χ2v) is 6.08. The maximum atomic E-state index is 6.34. The summed E-state index contributed by atoms with van der Waals surface area (Å²) in [6, 6.07) is 11.4. The van der Waals surface area contributed by atoms with E-state index in [-0.39, 0.29) is 6.04 Å². The first-order valence-corrected chi connectivity index (χ1v) is 7.46. The number of rotatable bonds is 2. The molecule has 3 rings (SSSR count). The summed E-state index contributed by atoms with van der Waals surface area (Å²) in [5.74, 6) is 0.769. The van der Waals surface area contributed by atoms with Crippen molar-refractivity contribution in [3.05, 3.63) is 46.4 Å². The molecule has 0 amide bonds. The Bertz CT molecular complexity index is 801. The van der Waals surface area contributed by atoms with Gasteiger partial charge in [0.25, 0.3) is 0 Å². The molecule has 0 saturated heterocycles. The topological polar surface area (TPSA) is 43.8 Å². The lowest BCUT2D eigenvalue weighted by Gasteiger charge is -2.15. The second kappa shape index (κ2) is 5.24. The van der Waals surface area contributed by atoms with Crippen LogP contribution in [-0.4, -0.2) is 9.55 Å². The molecule has 0 aliphatic heterocycles. The molecule has 0 unspecified atom stereocenters. The SMILES string of the molecule is CC(C)n1c(-c2c(N)cccc2Cl)nc2ccc(Cl)cc21. The Kier molecular flexibility index (Phi) is 3.56. The Labute approximate surface area is 133 Å². The number of nitrogen functional groups attached to an aromatic ring is 1. The molecule has 108 valence electrons. The lowest BCUT2D eigenvalue weighted by Crippen LogP contribution is -2.05. The summed E-state index contributed by atoms with van der Waals surface area (Å²) in [5, 5.41) is 1.28. The smallest absolute Gasteiger partial charge is 0.144 e. The first kappa shape index (κ1) is 14.2. The standard InChI is InChI=1S/C16H15Cl2N3/c1-9(2)21-14-8-10(17)6-7-13(14)20-16(21)15-11(18)4-3-5-12(15)19/h3-9H,19H2,1-2H3. The third-order valence-corrected chi connectivity index (χ3v) is 3.99. The highest BCUT2D eigenvalue weighted by Gasteiger charge is 2.19. The Morgan fingerprint density at radius 1 is 1.14 bits per heavy atom. The number of nitrogens with zero attached hydrogens (tertiary/aromatic N) is 2. The summed E-state index contributed by atoms with van der Waals surface area (Å²) in [7, 11) is 0. The highest BCUT2D eigenvalue weighted by atomic mass is 35.5. The minimum atomic E-state index is 0.208. The minimum Gasteiger partial charge on any atom is -0.398 e. The van der Waals surface area contributed by atoms with Crippen LogP contribution < -0.4 is 5.73 Å². The van der Waals surface area contributed by atoms with Crippen molar-refractivity contribution in [1.29, 1.82) is 0 Å². The molecular weight excluding hydrogens is 305 g/mol. The molecule has 0 saturated carbocycles. The predicted octanol–water partition coefficient (Wildman–Crippen LogP) is 5.17. The maximum absolute atomic E-state index is 6.34. The van der Waals surface area contributed by atoms with Crippen LogP contribution in [0, 0.1) is 0 Å². The van der Waals surface area contributed by atoms with E-state index in [2.05, 4.69) is 18.4 Å². The molecule has 3 nitrogen and oxygen atoms in total. The van der Waals surface area contributed by atoms with Crippen molar-refractivity contribution in [3.8, 4) is 11.4 Å². The number of hydrogen-bond acceptors (Lipinski definition) is 2. The number of halogens is 2. The Hall–Kier alpha value is -1.71. The monoisotopic (exact) mass is 319 g/mol. The fourth-order valence-electron chi connectivity index (χ4n) is 2.54. The van der Waals surface area contributed by atoms with Gasteiger partial charge in [0, 0.05) is 16.8 Å². The lowest BCUT2D eigenvalue weighted by atomic mass is 10.1. The van der Waals surface area contributed by atoms with Gasteiger partial charge in [-0.25, -0.2) is 4.98 Å². The number of nitrogens with two attached hydrogens (primary N) is 1. The van der Waals surface area contributed by atoms with Crippen molar-refractivity contribution < 1.29 is 0 Å². The zero-order chi connectivity index (χ0) is 15.1. The number of anilines is 1. The van der Waals surface area contributed by atoms with Gasteiger partial charge in [-0.15, -0.1) is 0 Å². The molecule has 5 heteroatoms. The molecule has 21 heavy (non-hydrogen) atoms. The van der Waals surface area contributed by atoms with Gasteiger partial charge in [0.1, 0.15) is 5.82 Å². The van der Waals surface area contributed by atoms with E-state index < -0.39 is 0 Å². The average Bonchev–Trinajstić information content (AvgIpc) is 2.76. The van der Waals surface area contributed by atoms with Gasteiger partial charge in [-0.2, -0.15) is 0 Å². The van der Waals surface area contributed by atoms with Gasteiger partial charge in [0.05, 0.1) is 21.6 Å². The van der Waals surface area contributed by atoms with E-state index in [1.54, 1.807) is 0 Å². The molecular formula is C16H15Cl2N3. The zero-order valence-corrected chi connectivity index (χ0v) is 13.3. The van der Waals surface area contributed by atoms with Gasteiger partial charge in [-0.05, 0) is 44.2 Å². The Morgan fingerprint density at radius 2 is 1.90 bits per heavy atom. The van der Waals surface area contributed by atoms with Crippen LogP contribution in [0.4, 0.5) is 5.69 Å². The van der Waals surface area contributed by atoms with Crippen LogP contribution in [0.15, 0.2) is 36.4 Å². The van der Waals surface area contributed by atoms with E-state index in [9.17, 15) is 0 Å². The van der Waals surface area contributed by atoms with Crippen LogP contribution in [0.2, 0.25) is 10.0 Å². The van der Waals surface area contributed by atoms with Gasteiger partial charge in [-0.1, -0.05) is 29.3 Å². The molecule has 0 fully saturated rings. The lowest BCUT2D eigenvalue weighted by molar-refractivity contribution is 0.624. The largest absolute Gasteiger partial charge is 0.398 e. The molecule has 1 aromatic heterocycles. The molecule has 0 aliphatic carbocycles. The average molecular weight is 320 g/mol. The van der Waals surface area contributed by atoms with E-state index in [0.717, 1.165) is 22.4 Å². The van der Waals surface area contributed by atoms with E-state index in [0.29, 0.717) is 15.7 Å². The van der Waals surface area contributed by atoms with Gasteiger partial charge in [0.15, 0.2) is 0 Å². The molecule has 0 atom stereocenters. The highest BCUT2D eigenvalue weighted by Crippen LogP contribution is 2.36. The number of hydrogen-bond donors (Lipinski definition) is 1. The van der Waals surface area contributed by atoms with Crippen molar-refractivity contribution in [2.24, 2.45) is 0 Å². The number of fused-ring (bicyclic) bond motifs is 1. The van der Waals surface area contributed by atoms with E-state index >= 15 is 0 Å². The Morgan fingerprint density at radius 3 is 2.57 bits per heavy atom. The molecule has 0 radical (unpaired) electrons. The summed E-state index contributed by atoms with van der Waals surface area (Å²) < 4.78 is 2.11. The van der Waals surface area contributed by atoms with Gasteiger partial charge in [-0.3, -0.25) is 0 Å². The third kappa shape index (κ3) is 2.37. The zero-order valence-electron chi connectivity index (χ0n) is 11.8. The molecule has 2 aromatic carbocycles. The van der Waals surface area contributed by atoms with Crippen molar-refractivity contribution in [2.45, 2.75) is 19.9 Å². The first-order chi connectivity index (χ1) is 9.99. The minimum absolute atomic E-state index is 0.208. The van der Waals surface area contributed by atoms with Gasteiger partial charge >= 0.3 is 0 Å². The second-order valence-electron chi connectivity index (χ2n) is 5.24.